The largest absolute Gasteiger partial charge is 0.433 e. The van der Waals surface area contributed by atoms with Gasteiger partial charge in [-0.05, 0) is 56.4 Å². The van der Waals surface area contributed by atoms with E-state index < -0.39 is 41.4 Å². The van der Waals surface area contributed by atoms with Gasteiger partial charge in [-0.25, -0.2) is 13.8 Å². The standard InChI is InChI=1S/C24H22BrF5N4O2/c25-13-10-16(26)15(12-35)17(11-13)34-8-6-23(7-9-34)21(36)32-20(33-23)14-2-3-18(24(28,29)30)31-19(14)22(27)4-1-5-22/h2-3,10-11,35H,1,4-9,12H2,(H,32,33,36). The zero-order valence-corrected chi connectivity index (χ0v) is 20.5. The summed E-state index contributed by atoms with van der Waals surface area (Å²) >= 11 is 3.26. The number of carbonyl (C=O) groups excluding carboxylic acids is 1. The fourth-order valence-electron chi connectivity index (χ4n) is 5.00. The summed E-state index contributed by atoms with van der Waals surface area (Å²) in [5.41, 5.74) is -4.04. The van der Waals surface area contributed by atoms with Gasteiger partial charge >= 0.3 is 6.18 Å². The van der Waals surface area contributed by atoms with Crippen molar-refractivity contribution in [2.24, 2.45) is 4.99 Å². The third kappa shape index (κ3) is 4.17. The molecule has 0 radical (unpaired) electrons. The minimum Gasteiger partial charge on any atom is -0.391 e. The summed E-state index contributed by atoms with van der Waals surface area (Å²) in [6, 6.07) is 4.84. The lowest BCUT2D eigenvalue weighted by molar-refractivity contribution is -0.141. The lowest BCUT2D eigenvalue weighted by atomic mass is 9.77. The van der Waals surface area contributed by atoms with Crippen molar-refractivity contribution in [2.75, 3.05) is 18.0 Å². The van der Waals surface area contributed by atoms with E-state index in [-0.39, 0.29) is 48.3 Å². The molecule has 2 aromatic rings. The van der Waals surface area contributed by atoms with E-state index in [4.69, 9.17) is 0 Å². The Hall–Kier alpha value is -2.60. The number of halogens is 6. The number of amidine groups is 1. The molecular weight excluding hydrogens is 551 g/mol. The third-order valence-corrected chi connectivity index (χ3v) is 7.68. The van der Waals surface area contributed by atoms with Crippen molar-refractivity contribution < 1.29 is 31.9 Å². The molecule has 3 aliphatic rings. The van der Waals surface area contributed by atoms with Crippen LogP contribution in [0, 0.1) is 5.82 Å². The fourth-order valence-corrected chi connectivity index (χ4v) is 5.42. The Labute approximate surface area is 211 Å². The Morgan fingerprint density at radius 2 is 1.83 bits per heavy atom. The Morgan fingerprint density at radius 3 is 2.42 bits per heavy atom. The molecule has 1 amide bonds. The van der Waals surface area contributed by atoms with Gasteiger partial charge in [0, 0.05) is 34.4 Å². The fraction of sp³-hybridized carbons (Fsp3) is 0.458. The Kier molecular flexibility index (Phi) is 6.10. The molecule has 0 atom stereocenters. The zero-order chi connectivity index (χ0) is 25.9. The number of aliphatic imine (C=N–C) groups is 1. The van der Waals surface area contributed by atoms with Gasteiger partial charge in [-0.1, -0.05) is 15.9 Å². The maximum Gasteiger partial charge on any atom is 0.433 e. The number of rotatable bonds is 4. The van der Waals surface area contributed by atoms with Crippen LogP contribution in [0.1, 0.15) is 54.6 Å². The van der Waals surface area contributed by atoms with Crippen molar-refractivity contribution in [1.82, 2.24) is 10.3 Å². The van der Waals surface area contributed by atoms with Gasteiger partial charge in [0.05, 0.1) is 12.3 Å². The Morgan fingerprint density at radius 1 is 1.14 bits per heavy atom. The topological polar surface area (TPSA) is 77.8 Å². The molecule has 5 rings (SSSR count). The first-order valence-corrected chi connectivity index (χ1v) is 12.3. The highest BCUT2D eigenvalue weighted by atomic mass is 79.9. The first-order valence-electron chi connectivity index (χ1n) is 11.5. The van der Waals surface area contributed by atoms with E-state index in [1.807, 2.05) is 4.90 Å². The number of aliphatic hydroxyl groups excluding tert-OH is 1. The third-order valence-electron chi connectivity index (χ3n) is 7.22. The normalized spacial score (nSPS) is 20.8. The SMILES string of the molecule is O=C1NC(c2ccc(C(F)(F)F)nc2C2(F)CCC2)=NC12CCN(c1cc(Br)cc(F)c1CO)CC2. The Balaban J connectivity index is 1.45. The van der Waals surface area contributed by atoms with E-state index in [0.717, 1.165) is 12.1 Å². The summed E-state index contributed by atoms with van der Waals surface area (Å²) in [4.78, 5) is 23.1. The molecule has 1 aliphatic carbocycles. The number of anilines is 1. The van der Waals surface area contributed by atoms with E-state index in [9.17, 15) is 27.5 Å². The summed E-state index contributed by atoms with van der Waals surface area (Å²) in [5, 5.41) is 12.3. The molecule has 1 aromatic heterocycles. The van der Waals surface area contributed by atoms with Crippen LogP contribution < -0.4 is 10.2 Å². The summed E-state index contributed by atoms with van der Waals surface area (Å²) in [7, 11) is 0. The zero-order valence-electron chi connectivity index (χ0n) is 18.9. The van der Waals surface area contributed by atoms with Gasteiger partial charge in [0.2, 0.25) is 0 Å². The van der Waals surface area contributed by atoms with Crippen LogP contribution in [0.2, 0.25) is 0 Å². The first-order chi connectivity index (χ1) is 17.0. The second kappa shape index (κ2) is 8.76. The van der Waals surface area contributed by atoms with Crippen molar-refractivity contribution in [3.8, 4) is 0 Å². The number of nitrogens with zero attached hydrogens (tertiary/aromatic N) is 3. The molecule has 3 heterocycles. The van der Waals surface area contributed by atoms with E-state index in [0.29, 0.717) is 29.7 Å². The second-order valence-corrected chi connectivity index (χ2v) is 10.3. The molecule has 6 nitrogen and oxygen atoms in total. The van der Waals surface area contributed by atoms with Gasteiger partial charge < -0.3 is 15.3 Å². The number of amides is 1. The van der Waals surface area contributed by atoms with Crippen LogP contribution in [0.25, 0.3) is 0 Å². The molecular formula is C24H22BrF5N4O2. The molecule has 2 N–H and O–H groups in total. The van der Waals surface area contributed by atoms with Crippen molar-refractivity contribution in [2.45, 2.75) is 56.1 Å². The molecule has 1 saturated carbocycles. The van der Waals surface area contributed by atoms with Gasteiger partial charge in [-0.15, -0.1) is 0 Å². The van der Waals surface area contributed by atoms with Crippen molar-refractivity contribution in [3.05, 3.63) is 57.1 Å². The molecule has 36 heavy (non-hydrogen) atoms. The lowest BCUT2D eigenvalue weighted by Crippen LogP contribution is -2.49. The molecule has 2 fully saturated rings. The summed E-state index contributed by atoms with van der Waals surface area (Å²) < 4.78 is 70.0. The number of hydrogen-bond donors (Lipinski definition) is 2. The molecule has 12 heteroatoms. The predicted octanol–water partition coefficient (Wildman–Crippen LogP) is 4.76. The van der Waals surface area contributed by atoms with E-state index in [2.05, 4.69) is 31.2 Å². The molecule has 1 aromatic carbocycles. The van der Waals surface area contributed by atoms with Gasteiger partial charge in [0.25, 0.3) is 5.91 Å². The highest BCUT2D eigenvalue weighted by molar-refractivity contribution is 9.10. The molecule has 0 bridgehead atoms. The number of alkyl halides is 4. The number of aliphatic hydroxyl groups is 1. The van der Waals surface area contributed by atoms with Gasteiger partial charge in [0.15, 0.2) is 5.67 Å². The van der Waals surface area contributed by atoms with Crippen LogP contribution in [0.15, 0.2) is 33.7 Å². The predicted molar refractivity (Wildman–Crippen MR) is 125 cm³/mol. The van der Waals surface area contributed by atoms with E-state index >= 15 is 4.39 Å². The lowest BCUT2D eigenvalue weighted by Gasteiger charge is -2.37. The molecule has 1 saturated heterocycles. The molecule has 1 spiro atoms. The maximum absolute atomic E-state index is 15.4. The second-order valence-electron chi connectivity index (χ2n) is 9.39. The number of pyridine rings is 1. The summed E-state index contributed by atoms with van der Waals surface area (Å²) in [6.45, 7) is 0.143. The maximum atomic E-state index is 15.4. The highest BCUT2D eigenvalue weighted by Gasteiger charge is 2.49. The number of carbonyl (C=O) groups is 1. The van der Waals surface area contributed by atoms with Gasteiger partial charge in [0.1, 0.15) is 22.9 Å². The van der Waals surface area contributed by atoms with E-state index in [1.165, 1.54) is 6.07 Å². The number of benzene rings is 1. The average Bonchev–Trinajstić information content (AvgIpc) is 3.12. The Bertz CT molecular complexity index is 1250. The van der Waals surface area contributed by atoms with Gasteiger partial charge in [-0.2, -0.15) is 13.2 Å². The minimum atomic E-state index is -4.73. The van der Waals surface area contributed by atoms with Crippen LogP contribution >= 0.6 is 15.9 Å². The molecule has 0 unspecified atom stereocenters. The minimum absolute atomic E-state index is 0.0122. The molecule has 192 valence electrons. The van der Waals surface area contributed by atoms with Crippen molar-refractivity contribution >= 4 is 33.4 Å². The summed E-state index contributed by atoms with van der Waals surface area (Å²) in [5.74, 6) is -0.968. The average molecular weight is 573 g/mol. The summed E-state index contributed by atoms with van der Waals surface area (Å²) in [6.07, 6.45) is -3.63. The van der Waals surface area contributed by atoms with Crippen LogP contribution in [-0.4, -0.2) is 40.5 Å². The van der Waals surface area contributed by atoms with E-state index in [1.54, 1.807) is 6.07 Å². The first kappa shape index (κ1) is 25.1. The number of nitrogens with one attached hydrogen (secondary N) is 1. The van der Waals surface area contributed by atoms with Crippen molar-refractivity contribution in [3.63, 3.8) is 0 Å². The number of piperidine rings is 1. The highest BCUT2D eigenvalue weighted by Crippen LogP contribution is 2.47. The van der Waals surface area contributed by atoms with Gasteiger partial charge in [-0.3, -0.25) is 9.79 Å². The van der Waals surface area contributed by atoms with Crippen LogP contribution in [0.4, 0.5) is 27.6 Å². The molecule has 2 aliphatic heterocycles. The quantitative estimate of drug-likeness (QED) is 0.518. The number of aromatic nitrogens is 1. The smallest absolute Gasteiger partial charge is 0.391 e. The van der Waals surface area contributed by atoms with Crippen molar-refractivity contribution in [1.29, 1.82) is 0 Å². The van der Waals surface area contributed by atoms with Crippen LogP contribution in [0.3, 0.4) is 0 Å². The van der Waals surface area contributed by atoms with Crippen LogP contribution in [-0.2, 0) is 23.2 Å². The van der Waals surface area contributed by atoms with Crippen LogP contribution in [0.5, 0.6) is 0 Å². The number of hydrogen-bond acceptors (Lipinski definition) is 5. The monoisotopic (exact) mass is 572 g/mol.